The lowest BCUT2D eigenvalue weighted by Gasteiger charge is -1.97. The molecule has 0 atom stereocenters. The average molecular weight is 288 g/mol. The zero-order chi connectivity index (χ0) is 14.1. The summed E-state index contributed by atoms with van der Waals surface area (Å²) in [7, 11) is 0. The number of benzene rings is 1. The minimum absolute atomic E-state index is 0.285. The van der Waals surface area contributed by atoms with E-state index in [1.807, 2.05) is 5.38 Å². The molecular formula is C13H9FN4OS. The Kier molecular flexibility index (Phi) is 3.11. The van der Waals surface area contributed by atoms with Crippen molar-refractivity contribution in [2.24, 2.45) is 0 Å². The molecule has 0 aliphatic heterocycles. The van der Waals surface area contributed by atoms with Crippen LogP contribution in [0.1, 0.15) is 16.2 Å². The Labute approximate surface area is 117 Å². The molecule has 3 aromatic rings. The predicted octanol–water partition coefficient (Wildman–Crippen LogP) is 2.65. The fourth-order valence-corrected chi connectivity index (χ4v) is 2.58. The summed E-state index contributed by atoms with van der Waals surface area (Å²) >= 11 is 1.38. The van der Waals surface area contributed by atoms with Crippen LogP contribution >= 0.6 is 11.3 Å². The van der Waals surface area contributed by atoms with Crippen molar-refractivity contribution in [1.29, 1.82) is 0 Å². The molecule has 0 saturated heterocycles. The molecule has 1 aromatic carbocycles. The molecule has 0 aliphatic rings. The first-order chi connectivity index (χ1) is 9.69. The number of carbonyl (C=O) groups excluding carboxylic acids is 1. The largest absolute Gasteiger partial charge is 0.296 e. The van der Waals surface area contributed by atoms with Crippen molar-refractivity contribution in [1.82, 2.24) is 20.0 Å². The summed E-state index contributed by atoms with van der Waals surface area (Å²) in [5, 5.41) is 10.1. The predicted molar refractivity (Wildman–Crippen MR) is 72.5 cm³/mol. The Balaban J connectivity index is 1.99. The van der Waals surface area contributed by atoms with Crippen LogP contribution in [0, 0.1) is 12.7 Å². The maximum Gasteiger partial charge on any atom is 0.212 e. The minimum atomic E-state index is -0.285. The van der Waals surface area contributed by atoms with E-state index >= 15 is 0 Å². The Hall–Kier alpha value is -2.41. The lowest BCUT2D eigenvalue weighted by molar-refractivity contribution is 0.111. The Bertz CT molecular complexity index is 763. The molecule has 2 aromatic heterocycles. The fraction of sp³-hybridized carbons (Fsp3) is 0.0769. The number of thiazole rings is 1. The van der Waals surface area contributed by atoms with E-state index in [0.717, 1.165) is 11.3 Å². The van der Waals surface area contributed by atoms with Gasteiger partial charge in [0.15, 0.2) is 6.29 Å². The number of carbonyl (C=O) groups is 1. The molecule has 0 N–H and O–H groups in total. The smallest absolute Gasteiger partial charge is 0.212 e. The average Bonchev–Trinajstić information content (AvgIpc) is 3.06. The molecule has 7 heteroatoms. The fourth-order valence-electron chi connectivity index (χ4n) is 1.75. The Morgan fingerprint density at radius 2 is 2.05 bits per heavy atom. The van der Waals surface area contributed by atoms with Crippen LogP contribution in [0.15, 0.2) is 29.6 Å². The molecule has 3 rings (SSSR count). The van der Waals surface area contributed by atoms with E-state index in [1.54, 1.807) is 19.1 Å². The zero-order valence-electron chi connectivity index (χ0n) is 10.4. The Morgan fingerprint density at radius 3 is 2.70 bits per heavy atom. The number of aldehydes is 1. The van der Waals surface area contributed by atoms with E-state index in [9.17, 15) is 9.18 Å². The molecule has 0 saturated carbocycles. The number of aromatic nitrogens is 4. The van der Waals surface area contributed by atoms with Gasteiger partial charge in [0.1, 0.15) is 11.5 Å². The highest BCUT2D eigenvalue weighted by atomic mass is 32.1. The van der Waals surface area contributed by atoms with Crippen molar-refractivity contribution in [2.75, 3.05) is 0 Å². The van der Waals surface area contributed by atoms with Crippen molar-refractivity contribution in [3.05, 3.63) is 46.9 Å². The van der Waals surface area contributed by atoms with Gasteiger partial charge in [0, 0.05) is 10.9 Å². The minimum Gasteiger partial charge on any atom is -0.296 e. The van der Waals surface area contributed by atoms with Gasteiger partial charge in [-0.05, 0) is 31.2 Å². The first kappa shape index (κ1) is 12.6. The standard InChI is InChI=1S/C13H9FN4OS/c1-8-11(6-19)16-17-18(8)13-15-12(7-20-13)9-2-4-10(14)5-3-9/h2-7H,1H3. The van der Waals surface area contributed by atoms with Crippen LogP contribution in [-0.2, 0) is 0 Å². The molecule has 2 heterocycles. The van der Waals surface area contributed by atoms with Gasteiger partial charge in [0.2, 0.25) is 5.13 Å². The van der Waals surface area contributed by atoms with Gasteiger partial charge in [-0.25, -0.2) is 9.37 Å². The maximum absolute atomic E-state index is 12.9. The molecule has 100 valence electrons. The molecule has 0 amide bonds. The van der Waals surface area contributed by atoms with Crippen LogP contribution in [0.5, 0.6) is 0 Å². The van der Waals surface area contributed by atoms with Gasteiger partial charge in [-0.3, -0.25) is 4.79 Å². The zero-order valence-corrected chi connectivity index (χ0v) is 11.3. The SMILES string of the molecule is Cc1c(C=O)nnn1-c1nc(-c2ccc(F)cc2)cs1. The van der Waals surface area contributed by atoms with Crippen molar-refractivity contribution >= 4 is 17.6 Å². The van der Waals surface area contributed by atoms with Crippen molar-refractivity contribution < 1.29 is 9.18 Å². The highest BCUT2D eigenvalue weighted by Gasteiger charge is 2.13. The first-order valence-electron chi connectivity index (χ1n) is 5.78. The van der Waals surface area contributed by atoms with Crippen LogP contribution in [0.3, 0.4) is 0 Å². The molecule has 0 aliphatic carbocycles. The second-order valence-corrected chi connectivity index (χ2v) is 4.95. The van der Waals surface area contributed by atoms with Gasteiger partial charge in [-0.15, -0.1) is 16.4 Å². The van der Waals surface area contributed by atoms with Crippen LogP contribution in [0.4, 0.5) is 4.39 Å². The lowest BCUT2D eigenvalue weighted by atomic mass is 10.2. The van der Waals surface area contributed by atoms with E-state index in [2.05, 4.69) is 15.3 Å². The molecule has 0 spiro atoms. The van der Waals surface area contributed by atoms with E-state index < -0.39 is 0 Å². The molecule has 0 unspecified atom stereocenters. The third-order valence-corrected chi connectivity index (χ3v) is 3.67. The summed E-state index contributed by atoms with van der Waals surface area (Å²) in [6.45, 7) is 1.75. The Morgan fingerprint density at radius 1 is 1.30 bits per heavy atom. The van der Waals surface area contributed by atoms with Crippen LogP contribution in [0.2, 0.25) is 0 Å². The number of rotatable bonds is 3. The summed E-state index contributed by atoms with van der Waals surface area (Å²) < 4.78 is 14.4. The number of hydrogen-bond acceptors (Lipinski definition) is 5. The molecular weight excluding hydrogens is 279 g/mol. The van der Waals surface area contributed by atoms with Crippen LogP contribution in [-0.4, -0.2) is 26.3 Å². The van der Waals surface area contributed by atoms with E-state index in [4.69, 9.17) is 0 Å². The summed E-state index contributed by atoms with van der Waals surface area (Å²) in [6.07, 6.45) is 0.660. The molecule has 5 nitrogen and oxygen atoms in total. The van der Waals surface area contributed by atoms with Gasteiger partial charge in [-0.1, -0.05) is 5.21 Å². The quantitative estimate of drug-likeness (QED) is 0.695. The summed E-state index contributed by atoms with van der Waals surface area (Å²) in [4.78, 5) is 15.2. The maximum atomic E-state index is 12.9. The molecule has 20 heavy (non-hydrogen) atoms. The van der Waals surface area contributed by atoms with Gasteiger partial charge < -0.3 is 0 Å². The summed E-state index contributed by atoms with van der Waals surface area (Å²) in [6, 6.07) is 6.11. The third-order valence-electron chi connectivity index (χ3n) is 2.86. The number of nitrogens with zero attached hydrogens (tertiary/aromatic N) is 4. The molecule has 0 radical (unpaired) electrons. The highest BCUT2D eigenvalue weighted by Crippen LogP contribution is 2.24. The van der Waals surface area contributed by atoms with Crippen molar-refractivity contribution in [2.45, 2.75) is 6.92 Å². The summed E-state index contributed by atoms with van der Waals surface area (Å²) in [5.74, 6) is -0.285. The molecule has 0 bridgehead atoms. The summed E-state index contributed by atoms with van der Waals surface area (Å²) in [5.41, 5.74) is 2.48. The lowest BCUT2D eigenvalue weighted by Crippen LogP contribution is -1.98. The van der Waals surface area contributed by atoms with Crippen molar-refractivity contribution in [3.8, 4) is 16.4 Å². The topological polar surface area (TPSA) is 60.7 Å². The van der Waals surface area contributed by atoms with Crippen LogP contribution in [0.25, 0.3) is 16.4 Å². The van der Waals surface area contributed by atoms with Gasteiger partial charge in [-0.2, -0.15) is 4.68 Å². The second-order valence-electron chi connectivity index (χ2n) is 4.11. The first-order valence-corrected chi connectivity index (χ1v) is 6.66. The van der Waals surface area contributed by atoms with E-state index in [1.165, 1.54) is 28.2 Å². The number of hydrogen-bond donors (Lipinski definition) is 0. The van der Waals surface area contributed by atoms with Gasteiger partial charge in [0.25, 0.3) is 0 Å². The molecule has 0 fully saturated rings. The third kappa shape index (κ3) is 2.12. The van der Waals surface area contributed by atoms with Crippen LogP contribution < -0.4 is 0 Å². The normalized spacial score (nSPS) is 10.7. The monoisotopic (exact) mass is 288 g/mol. The van der Waals surface area contributed by atoms with Gasteiger partial charge in [0.05, 0.1) is 11.4 Å². The van der Waals surface area contributed by atoms with Crippen molar-refractivity contribution in [3.63, 3.8) is 0 Å². The van der Waals surface area contributed by atoms with Gasteiger partial charge >= 0.3 is 0 Å². The van der Waals surface area contributed by atoms with E-state index in [0.29, 0.717) is 22.8 Å². The number of halogens is 1. The van der Waals surface area contributed by atoms with E-state index in [-0.39, 0.29) is 5.82 Å². The highest BCUT2D eigenvalue weighted by molar-refractivity contribution is 7.12. The second kappa shape index (κ2) is 4.93.